The molecule has 0 saturated heterocycles. The Bertz CT molecular complexity index is 116. The number of carboxylic acid groups (broad SMARTS) is 1. The molecule has 7 heavy (non-hydrogen) atoms. The van der Waals surface area contributed by atoms with Gasteiger partial charge in [-0.25, -0.2) is 4.79 Å². The van der Waals surface area contributed by atoms with Gasteiger partial charge in [0, 0.05) is 5.92 Å². The molecule has 36 valence electrons. The van der Waals surface area contributed by atoms with Gasteiger partial charge >= 0.3 is 5.97 Å². The third-order valence-corrected chi connectivity index (χ3v) is 0.320. The smallest absolute Gasteiger partial charge is 0.382 e. The minimum absolute atomic E-state index is 0.353. The monoisotopic (exact) mass is 97.0 g/mol. The van der Waals surface area contributed by atoms with Gasteiger partial charge in [0.2, 0.25) is 0 Å². The minimum Gasteiger partial charge on any atom is -0.472 e. The van der Waals surface area contributed by atoms with Crippen molar-refractivity contribution in [1.82, 2.24) is 0 Å². The second-order valence-electron chi connectivity index (χ2n) is 0.857. The quantitative estimate of drug-likeness (QED) is 0.348. The molecule has 0 heterocycles. The summed E-state index contributed by atoms with van der Waals surface area (Å²) in [6.45, 7) is 3.32. The Balaban J connectivity index is 3.45. The molecule has 0 saturated carbocycles. The van der Waals surface area contributed by atoms with E-state index in [1.807, 2.05) is 5.92 Å². The van der Waals surface area contributed by atoms with E-state index in [1.54, 1.807) is 0 Å². The van der Waals surface area contributed by atoms with Crippen molar-refractivity contribution < 1.29 is 9.90 Å². The molecule has 0 atom stereocenters. The fraction of sp³-hybridized carbons (Fsp3) is 0.200. The highest BCUT2D eigenvalue weighted by Crippen LogP contribution is 1.64. The van der Waals surface area contributed by atoms with E-state index >= 15 is 0 Å². The number of rotatable bonds is 0. The predicted octanol–water partition coefficient (Wildman–Crippen LogP) is 0.299. The molecule has 0 aromatic heterocycles. The topological polar surface area (TPSA) is 37.3 Å². The Labute approximate surface area is 42.2 Å². The average Bonchev–Trinajstić information content (AvgIpc) is 1.61. The Morgan fingerprint density at radius 2 is 2.43 bits per heavy atom. The average molecular weight is 97.1 g/mol. The maximum Gasteiger partial charge on any atom is 0.382 e. The van der Waals surface area contributed by atoms with Crippen LogP contribution in [0.25, 0.3) is 0 Å². The zero-order chi connectivity index (χ0) is 5.70. The van der Waals surface area contributed by atoms with Gasteiger partial charge in [-0.3, -0.25) is 0 Å². The highest BCUT2D eigenvalue weighted by Gasteiger charge is 1.79. The van der Waals surface area contributed by atoms with Crippen LogP contribution in [0.3, 0.4) is 0 Å². The van der Waals surface area contributed by atoms with Crippen molar-refractivity contribution in [3.63, 3.8) is 0 Å². The fourth-order valence-electron chi connectivity index (χ4n) is 0.138. The summed E-state index contributed by atoms with van der Waals surface area (Å²) in [6, 6.07) is 0. The largest absolute Gasteiger partial charge is 0.472 e. The van der Waals surface area contributed by atoms with E-state index in [0.29, 0.717) is 6.42 Å². The first-order chi connectivity index (χ1) is 3.27. The Kier molecular flexibility index (Phi) is 2.62. The van der Waals surface area contributed by atoms with Crippen LogP contribution in [0.2, 0.25) is 0 Å². The molecule has 0 spiro atoms. The van der Waals surface area contributed by atoms with Gasteiger partial charge in [-0.1, -0.05) is 0 Å². The van der Waals surface area contributed by atoms with Crippen LogP contribution in [0.1, 0.15) is 6.42 Å². The third-order valence-electron chi connectivity index (χ3n) is 0.320. The number of carbonyl (C=O) groups is 1. The van der Waals surface area contributed by atoms with Gasteiger partial charge in [-0.15, -0.1) is 0 Å². The lowest BCUT2D eigenvalue weighted by Crippen LogP contribution is -1.85. The molecule has 2 nitrogen and oxygen atoms in total. The van der Waals surface area contributed by atoms with E-state index in [0.717, 1.165) is 0 Å². The summed E-state index contributed by atoms with van der Waals surface area (Å²) in [5, 5.41) is 7.84. The van der Waals surface area contributed by atoms with Crippen LogP contribution in [0.4, 0.5) is 0 Å². The summed E-state index contributed by atoms with van der Waals surface area (Å²) in [5.74, 6) is 3.09. The van der Waals surface area contributed by atoms with Gasteiger partial charge in [-0.05, 0) is 5.92 Å². The molecule has 0 bridgehead atoms. The molecule has 1 N–H and O–H groups in total. The Morgan fingerprint density at radius 1 is 1.86 bits per heavy atom. The van der Waals surface area contributed by atoms with Crippen molar-refractivity contribution in [3.05, 3.63) is 6.92 Å². The second-order valence-corrected chi connectivity index (χ2v) is 0.857. The van der Waals surface area contributed by atoms with Gasteiger partial charge < -0.3 is 5.11 Å². The Morgan fingerprint density at radius 3 is 2.57 bits per heavy atom. The van der Waals surface area contributed by atoms with Gasteiger partial charge in [-0.2, -0.15) is 0 Å². The van der Waals surface area contributed by atoms with Crippen molar-refractivity contribution in [2.24, 2.45) is 0 Å². The highest BCUT2D eigenvalue weighted by atomic mass is 16.4. The summed E-state index contributed by atoms with van der Waals surface area (Å²) < 4.78 is 0. The van der Waals surface area contributed by atoms with E-state index in [9.17, 15) is 4.79 Å². The van der Waals surface area contributed by atoms with Gasteiger partial charge in [0.25, 0.3) is 0 Å². The van der Waals surface area contributed by atoms with Gasteiger partial charge in [0.05, 0.1) is 6.92 Å². The number of hydrogen-bond acceptors (Lipinski definition) is 1. The van der Waals surface area contributed by atoms with Gasteiger partial charge in [0.1, 0.15) is 6.42 Å². The second kappa shape index (κ2) is 3.10. The summed E-state index contributed by atoms with van der Waals surface area (Å²) >= 11 is 0. The molecule has 0 aliphatic heterocycles. The lowest BCUT2D eigenvalue weighted by molar-refractivity contribution is -0.130. The summed E-state index contributed by atoms with van der Waals surface area (Å²) in [6.07, 6.45) is 0.353. The van der Waals surface area contributed by atoms with E-state index in [4.69, 9.17) is 5.11 Å². The zero-order valence-electron chi connectivity index (χ0n) is 3.77. The standard InChI is InChI=1S/C5H4O2/c1-2-3-4-5(6)7/h1-2H2/p+1. The van der Waals surface area contributed by atoms with Crippen molar-refractivity contribution in [1.29, 1.82) is 0 Å². The molecular weight excluding hydrogens is 92.1 g/mol. The van der Waals surface area contributed by atoms with Crippen LogP contribution in [0, 0.1) is 18.8 Å². The highest BCUT2D eigenvalue weighted by molar-refractivity contribution is 5.86. The summed E-state index contributed by atoms with van der Waals surface area (Å²) in [5.41, 5.74) is 0. The van der Waals surface area contributed by atoms with Crippen LogP contribution in [-0.2, 0) is 4.79 Å². The maximum absolute atomic E-state index is 9.56. The van der Waals surface area contributed by atoms with E-state index < -0.39 is 5.97 Å². The molecule has 0 aromatic carbocycles. The third kappa shape index (κ3) is 4.90. The van der Waals surface area contributed by atoms with Crippen LogP contribution >= 0.6 is 0 Å². The van der Waals surface area contributed by atoms with Gasteiger partial charge in [0.15, 0.2) is 0 Å². The van der Waals surface area contributed by atoms with Crippen molar-refractivity contribution in [3.8, 4) is 11.8 Å². The van der Waals surface area contributed by atoms with E-state index in [1.165, 1.54) is 0 Å². The molecule has 0 radical (unpaired) electrons. The van der Waals surface area contributed by atoms with Crippen LogP contribution in [-0.4, -0.2) is 11.1 Å². The minimum atomic E-state index is -1.09. The predicted molar refractivity (Wildman–Crippen MR) is 25.4 cm³/mol. The normalized spacial score (nSPS) is 6.29. The van der Waals surface area contributed by atoms with E-state index in [2.05, 4.69) is 12.8 Å². The summed E-state index contributed by atoms with van der Waals surface area (Å²) in [7, 11) is 0. The summed E-state index contributed by atoms with van der Waals surface area (Å²) in [4.78, 5) is 9.56. The number of aliphatic carboxylic acids is 1. The lowest BCUT2D eigenvalue weighted by Gasteiger charge is -1.64. The first-order valence-electron chi connectivity index (χ1n) is 1.78. The Hall–Kier alpha value is -1.10. The SMILES string of the molecule is [CH2+]CC#CC(=O)O. The molecule has 0 rings (SSSR count). The first-order valence-corrected chi connectivity index (χ1v) is 1.78. The lowest BCUT2D eigenvalue weighted by atomic mass is 10.5. The van der Waals surface area contributed by atoms with Crippen molar-refractivity contribution in [2.45, 2.75) is 6.42 Å². The van der Waals surface area contributed by atoms with E-state index in [-0.39, 0.29) is 0 Å². The number of hydrogen-bond donors (Lipinski definition) is 1. The first kappa shape index (κ1) is 5.90. The molecule has 2 heteroatoms. The molecule has 0 amide bonds. The molecule has 0 unspecified atom stereocenters. The molecule has 0 aliphatic rings. The maximum atomic E-state index is 9.56. The van der Waals surface area contributed by atoms with Crippen LogP contribution in [0.5, 0.6) is 0 Å². The molecular formula is C5H5O2+. The van der Waals surface area contributed by atoms with Crippen LogP contribution < -0.4 is 0 Å². The van der Waals surface area contributed by atoms with Crippen molar-refractivity contribution >= 4 is 5.97 Å². The fourth-order valence-corrected chi connectivity index (χ4v) is 0.138. The van der Waals surface area contributed by atoms with Crippen molar-refractivity contribution in [2.75, 3.05) is 0 Å². The molecule has 0 aliphatic carbocycles. The number of carboxylic acids is 1. The van der Waals surface area contributed by atoms with Crippen LogP contribution in [0.15, 0.2) is 0 Å². The zero-order valence-corrected chi connectivity index (χ0v) is 3.77. The molecule has 0 aromatic rings. The molecule has 0 fully saturated rings.